The molecular formula is C18H21NS. The van der Waals surface area contributed by atoms with Crippen LogP contribution in [0.4, 0.5) is 5.69 Å². The second-order valence-electron chi connectivity index (χ2n) is 5.59. The summed E-state index contributed by atoms with van der Waals surface area (Å²) in [6, 6.07) is 18.2. The lowest BCUT2D eigenvalue weighted by Gasteiger charge is -2.37. The third kappa shape index (κ3) is 2.85. The fourth-order valence-electron chi connectivity index (χ4n) is 2.96. The Balaban J connectivity index is 1.56. The average molecular weight is 283 g/mol. The molecule has 1 fully saturated rings. The van der Waals surface area contributed by atoms with Crippen molar-refractivity contribution in [3.8, 4) is 0 Å². The zero-order chi connectivity index (χ0) is 13.9. The van der Waals surface area contributed by atoms with Crippen LogP contribution in [0, 0.1) is 6.92 Å². The molecule has 0 bridgehead atoms. The first-order chi connectivity index (χ1) is 9.76. The normalized spacial score (nSPS) is 21.3. The summed E-state index contributed by atoms with van der Waals surface area (Å²) in [6.07, 6.45) is 4.60. The molecule has 2 aromatic carbocycles. The van der Waals surface area contributed by atoms with Crippen LogP contribution in [0.25, 0.3) is 0 Å². The van der Waals surface area contributed by atoms with E-state index in [4.69, 9.17) is 0 Å². The van der Waals surface area contributed by atoms with Crippen LogP contribution in [0.1, 0.15) is 29.9 Å². The van der Waals surface area contributed by atoms with Crippen LogP contribution in [-0.4, -0.2) is 12.3 Å². The lowest BCUT2D eigenvalue weighted by molar-refractivity contribution is 0.373. The number of hydrogen-bond donors (Lipinski definition) is 1. The molecule has 0 aromatic heterocycles. The third-order valence-electron chi connectivity index (χ3n) is 4.23. The van der Waals surface area contributed by atoms with Gasteiger partial charge in [0.25, 0.3) is 0 Å². The van der Waals surface area contributed by atoms with Crippen LogP contribution in [0.5, 0.6) is 0 Å². The van der Waals surface area contributed by atoms with E-state index in [0.29, 0.717) is 6.04 Å². The maximum atomic E-state index is 3.64. The van der Waals surface area contributed by atoms with Crippen molar-refractivity contribution in [2.45, 2.75) is 36.6 Å². The number of rotatable bonds is 4. The molecule has 1 aliphatic rings. The highest BCUT2D eigenvalue weighted by molar-refractivity contribution is 7.98. The van der Waals surface area contributed by atoms with Crippen molar-refractivity contribution in [1.82, 2.24) is 0 Å². The molecule has 0 saturated heterocycles. The van der Waals surface area contributed by atoms with Crippen LogP contribution in [0.15, 0.2) is 53.4 Å². The van der Waals surface area contributed by atoms with E-state index >= 15 is 0 Å². The quantitative estimate of drug-likeness (QED) is 0.786. The largest absolute Gasteiger partial charge is 0.382 e. The molecule has 2 aromatic rings. The van der Waals surface area contributed by atoms with Crippen LogP contribution in [-0.2, 0) is 0 Å². The summed E-state index contributed by atoms with van der Waals surface area (Å²) in [5.41, 5.74) is 4.21. The van der Waals surface area contributed by atoms with Gasteiger partial charge in [0.1, 0.15) is 0 Å². The van der Waals surface area contributed by atoms with E-state index in [1.807, 2.05) is 0 Å². The molecule has 1 aliphatic carbocycles. The maximum Gasteiger partial charge on any atom is 0.0343 e. The first-order valence-corrected chi connectivity index (χ1v) is 8.45. The molecule has 0 spiro atoms. The summed E-state index contributed by atoms with van der Waals surface area (Å²) in [5.74, 6) is 0.735. The fourth-order valence-corrected chi connectivity index (χ4v) is 3.37. The molecule has 20 heavy (non-hydrogen) atoms. The predicted octanol–water partition coefficient (Wildman–Crippen LogP) is 5.08. The zero-order valence-electron chi connectivity index (χ0n) is 12.1. The van der Waals surface area contributed by atoms with E-state index in [9.17, 15) is 0 Å². The number of nitrogens with one attached hydrogen (secondary N) is 1. The Kier molecular flexibility index (Phi) is 4.02. The van der Waals surface area contributed by atoms with Gasteiger partial charge in [-0.25, -0.2) is 0 Å². The number of benzene rings is 2. The minimum atomic E-state index is 0.625. The van der Waals surface area contributed by atoms with E-state index in [-0.39, 0.29) is 0 Å². The monoisotopic (exact) mass is 283 g/mol. The molecule has 1 N–H and O–H groups in total. The van der Waals surface area contributed by atoms with Gasteiger partial charge in [0.15, 0.2) is 0 Å². The predicted molar refractivity (Wildman–Crippen MR) is 88.8 cm³/mol. The van der Waals surface area contributed by atoms with E-state index < -0.39 is 0 Å². The molecule has 104 valence electrons. The van der Waals surface area contributed by atoms with Gasteiger partial charge < -0.3 is 5.32 Å². The van der Waals surface area contributed by atoms with Crippen LogP contribution in [0.3, 0.4) is 0 Å². The smallest absolute Gasteiger partial charge is 0.0343 e. The topological polar surface area (TPSA) is 12.0 Å². The highest BCUT2D eigenvalue weighted by Gasteiger charge is 2.30. The van der Waals surface area contributed by atoms with Crippen molar-refractivity contribution < 1.29 is 0 Å². The van der Waals surface area contributed by atoms with Gasteiger partial charge in [-0.3, -0.25) is 0 Å². The standard InChI is InChI=1S/C18H21NS/c1-13-5-3-4-6-18(13)14-11-16(12-14)19-15-7-9-17(20-2)10-8-15/h3-10,14,16,19H,11-12H2,1-2H3. The molecule has 0 radical (unpaired) electrons. The summed E-state index contributed by atoms with van der Waals surface area (Å²) in [5, 5.41) is 3.64. The number of anilines is 1. The number of aryl methyl sites for hydroxylation is 1. The van der Waals surface area contributed by atoms with Gasteiger partial charge >= 0.3 is 0 Å². The van der Waals surface area contributed by atoms with Crippen molar-refractivity contribution in [3.63, 3.8) is 0 Å². The molecule has 0 unspecified atom stereocenters. The van der Waals surface area contributed by atoms with Gasteiger partial charge in [-0.05, 0) is 67.3 Å². The fraction of sp³-hybridized carbons (Fsp3) is 0.333. The first kappa shape index (κ1) is 13.6. The molecule has 1 saturated carbocycles. The van der Waals surface area contributed by atoms with E-state index in [1.54, 1.807) is 11.8 Å². The second-order valence-corrected chi connectivity index (χ2v) is 6.47. The summed E-state index contributed by atoms with van der Waals surface area (Å²) in [4.78, 5) is 1.32. The summed E-state index contributed by atoms with van der Waals surface area (Å²) < 4.78 is 0. The van der Waals surface area contributed by atoms with E-state index in [2.05, 4.69) is 67.0 Å². The number of thioether (sulfide) groups is 1. The first-order valence-electron chi connectivity index (χ1n) is 7.22. The van der Waals surface area contributed by atoms with Crippen molar-refractivity contribution in [1.29, 1.82) is 0 Å². The van der Waals surface area contributed by atoms with Crippen molar-refractivity contribution in [2.24, 2.45) is 0 Å². The lowest BCUT2D eigenvalue weighted by atomic mass is 9.74. The lowest BCUT2D eigenvalue weighted by Crippen LogP contribution is -2.34. The van der Waals surface area contributed by atoms with Gasteiger partial charge in [0, 0.05) is 16.6 Å². The van der Waals surface area contributed by atoms with Gasteiger partial charge in [-0.2, -0.15) is 0 Å². The Bertz CT molecular complexity index is 570. The van der Waals surface area contributed by atoms with Crippen LogP contribution in [0.2, 0.25) is 0 Å². The molecule has 1 nitrogen and oxygen atoms in total. The van der Waals surface area contributed by atoms with Crippen LogP contribution < -0.4 is 5.32 Å². The molecule has 2 heteroatoms. The summed E-state index contributed by atoms with van der Waals surface area (Å²) in [7, 11) is 0. The van der Waals surface area contributed by atoms with Gasteiger partial charge in [-0.15, -0.1) is 11.8 Å². The second kappa shape index (κ2) is 5.92. The molecule has 3 rings (SSSR count). The maximum absolute atomic E-state index is 3.64. The molecule has 0 aliphatic heterocycles. The summed E-state index contributed by atoms with van der Waals surface area (Å²) >= 11 is 1.79. The Morgan fingerprint density at radius 3 is 2.35 bits per heavy atom. The minimum Gasteiger partial charge on any atom is -0.382 e. The van der Waals surface area contributed by atoms with Crippen molar-refractivity contribution >= 4 is 17.4 Å². The average Bonchev–Trinajstić information content (AvgIpc) is 2.44. The number of hydrogen-bond acceptors (Lipinski definition) is 2. The van der Waals surface area contributed by atoms with Gasteiger partial charge in [0.05, 0.1) is 0 Å². The third-order valence-corrected chi connectivity index (χ3v) is 4.97. The minimum absolute atomic E-state index is 0.625. The summed E-state index contributed by atoms with van der Waals surface area (Å²) in [6.45, 7) is 2.22. The van der Waals surface area contributed by atoms with Gasteiger partial charge in [-0.1, -0.05) is 24.3 Å². The Hall–Kier alpha value is -1.41. The van der Waals surface area contributed by atoms with E-state index in [0.717, 1.165) is 5.92 Å². The molecule has 0 amide bonds. The Morgan fingerprint density at radius 2 is 1.70 bits per heavy atom. The molecule has 0 heterocycles. The SMILES string of the molecule is CSc1ccc(NC2CC(c3ccccc3C)C2)cc1. The highest BCUT2D eigenvalue weighted by Crippen LogP contribution is 2.39. The van der Waals surface area contributed by atoms with Crippen molar-refractivity contribution in [3.05, 3.63) is 59.7 Å². The molecular weight excluding hydrogens is 262 g/mol. The van der Waals surface area contributed by atoms with Crippen LogP contribution >= 0.6 is 11.8 Å². The Labute approximate surface area is 125 Å². The van der Waals surface area contributed by atoms with Gasteiger partial charge in [0.2, 0.25) is 0 Å². The van der Waals surface area contributed by atoms with Crippen molar-refractivity contribution in [2.75, 3.05) is 11.6 Å². The van der Waals surface area contributed by atoms with E-state index in [1.165, 1.54) is 34.6 Å². The highest BCUT2D eigenvalue weighted by atomic mass is 32.2. The molecule has 0 atom stereocenters. The zero-order valence-corrected chi connectivity index (χ0v) is 12.9. The Morgan fingerprint density at radius 1 is 1.00 bits per heavy atom.